The van der Waals surface area contributed by atoms with Crippen molar-refractivity contribution >= 4 is 17.6 Å². The van der Waals surface area contributed by atoms with Gasteiger partial charge in [-0.05, 0) is 56.0 Å². The highest BCUT2D eigenvalue weighted by molar-refractivity contribution is 5.92. The first-order chi connectivity index (χ1) is 13.0. The van der Waals surface area contributed by atoms with E-state index in [-0.39, 0.29) is 30.2 Å². The quantitative estimate of drug-likeness (QED) is 0.797. The minimum atomic E-state index is -0.778. The lowest BCUT2D eigenvalue weighted by molar-refractivity contribution is -0.143. The van der Waals surface area contributed by atoms with E-state index in [9.17, 15) is 14.0 Å². The maximum atomic E-state index is 13.6. The number of benzene rings is 2. The van der Waals surface area contributed by atoms with Crippen molar-refractivity contribution in [2.45, 2.75) is 32.3 Å². The number of ether oxygens (including phenoxy) is 1. The van der Waals surface area contributed by atoms with E-state index in [4.69, 9.17) is 9.84 Å². The number of amides is 1. The van der Waals surface area contributed by atoms with Gasteiger partial charge in [-0.3, -0.25) is 9.59 Å². The van der Waals surface area contributed by atoms with Crippen LogP contribution in [-0.4, -0.2) is 17.0 Å². The summed E-state index contributed by atoms with van der Waals surface area (Å²) in [4.78, 5) is 23.3. The minimum Gasteiger partial charge on any atom is -0.489 e. The summed E-state index contributed by atoms with van der Waals surface area (Å²) in [5, 5.41) is 11.9. The van der Waals surface area contributed by atoms with Gasteiger partial charge in [-0.2, -0.15) is 0 Å². The molecule has 1 amide bonds. The van der Waals surface area contributed by atoms with Crippen LogP contribution in [0.5, 0.6) is 5.75 Å². The van der Waals surface area contributed by atoms with E-state index >= 15 is 0 Å². The van der Waals surface area contributed by atoms with Crippen LogP contribution in [-0.2, 0) is 16.2 Å². The zero-order chi connectivity index (χ0) is 19.2. The minimum absolute atomic E-state index is 0.0844. The number of carboxylic acids is 1. The van der Waals surface area contributed by atoms with Gasteiger partial charge < -0.3 is 15.2 Å². The number of carbonyl (C=O) groups is 2. The third-order valence-corrected chi connectivity index (χ3v) is 4.92. The van der Waals surface area contributed by atoms with E-state index < -0.39 is 5.97 Å². The summed E-state index contributed by atoms with van der Waals surface area (Å²) >= 11 is 0. The zero-order valence-corrected chi connectivity index (χ0v) is 14.9. The number of rotatable bonds is 6. The van der Waals surface area contributed by atoms with Crippen molar-refractivity contribution in [3.63, 3.8) is 0 Å². The summed E-state index contributed by atoms with van der Waals surface area (Å²) in [6.07, 6.45) is 2.26. The molecule has 0 aliphatic heterocycles. The molecule has 3 rings (SSSR count). The van der Waals surface area contributed by atoms with Crippen LogP contribution in [0.1, 0.15) is 31.2 Å². The van der Waals surface area contributed by atoms with Crippen LogP contribution in [0.2, 0.25) is 0 Å². The summed E-state index contributed by atoms with van der Waals surface area (Å²) in [6.45, 7) is 0.130. The summed E-state index contributed by atoms with van der Waals surface area (Å²) in [6, 6.07) is 13.4. The molecule has 0 bridgehead atoms. The molecular weight excluding hydrogens is 349 g/mol. The number of carboxylic acid groups (broad SMARTS) is 1. The molecule has 27 heavy (non-hydrogen) atoms. The molecule has 142 valence electrons. The number of carbonyl (C=O) groups excluding carboxylic acids is 1. The van der Waals surface area contributed by atoms with Crippen molar-refractivity contribution in [2.24, 2.45) is 11.8 Å². The van der Waals surface area contributed by atoms with E-state index in [0.717, 1.165) is 0 Å². The smallest absolute Gasteiger partial charge is 0.306 e. The molecule has 5 nitrogen and oxygen atoms in total. The summed E-state index contributed by atoms with van der Waals surface area (Å²) in [5.41, 5.74) is 1.13. The maximum Gasteiger partial charge on any atom is 0.306 e. The van der Waals surface area contributed by atoms with Crippen LogP contribution in [0, 0.1) is 17.7 Å². The van der Waals surface area contributed by atoms with Crippen LogP contribution in [0.3, 0.4) is 0 Å². The van der Waals surface area contributed by atoms with Crippen molar-refractivity contribution in [1.29, 1.82) is 0 Å². The largest absolute Gasteiger partial charge is 0.489 e. The SMILES string of the molecule is O=C(O)C1CCC(C(=O)Nc2ccc(OCc3ccccc3F)cc2)CC1. The first-order valence-electron chi connectivity index (χ1n) is 9.03. The number of hydrogen-bond donors (Lipinski definition) is 2. The van der Waals surface area contributed by atoms with Gasteiger partial charge in [0.15, 0.2) is 0 Å². The van der Waals surface area contributed by atoms with Gasteiger partial charge >= 0.3 is 5.97 Å². The van der Waals surface area contributed by atoms with Crippen LogP contribution >= 0.6 is 0 Å². The molecule has 1 saturated carbocycles. The second-order valence-electron chi connectivity index (χ2n) is 6.78. The second-order valence-corrected chi connectivity index (χ2v) is 6.78. The standard InChI is InChI=1S/C21H22FNO4/c22-19-4-2-1-3-16(19)13-27-18-11-9-17(10-12-18)23-20(24)14-5-7-15(8-6-14)21(25)26/h1-4,9-12,14-15H,5-8,13H2,(H,23,24)(H,25,26). The zero-order valence-electron chi connectivity index (χ0n) is 14.9. The van der Waals surface area contributed by atoms with Crippen LogP contribution in [0.15, 0.2) is 48.5 Å². The molecule has 0 spiro atoms. The average Bonchev–Trinajstić information content (AvgIpc) is 2.68. The molecule has 2 N–H and O–H groups in total. The van der Waals surface area contributed by atoms with Crippen LogP contribution in [0.25, 0.3) is 0 Å². The van der Waals surface area contributed by atoms with Crippen molar-refractivity contribution in [3.05, 3.63) is 59.9 Å². The fraction of sp³-hybridized carbons (Fsp3) is 0.333. The molecule has 1 aliphatic carbocycles. The fourth-order valence-electron chi connectivity index (χ4n) is 3.26. The lowest BCUT2D eigenvalue weighted by atomic mass is 9.81. The highest BCUT2D eigenvalue weighted by atomic mass is 19.1. The first kappa shape index (κ1) is 18.9. The summed E-state index contributed by atoms with van der Waals surface area (Å²) in [7, 11) is 0. The Kier molecular flexibility index (Phi) is 6.06. The number of hydrogen-bond acceptors (Lipinski definition) is 3. The predicted molar refractivity (Wildman–Crippen MR) is 98.9 cm³/mol. The number of aliphatic carboxylic acids is 1. The fourth-order valence-corrected chi connectivity index (χ4v) is 3.26. The molecule has 0 unspecified atom stereocenters. The molecule has 0 saturated heterocycles. The van der Waals surface area contributed by atoms with Crippen molar-refractivity contribution in [3.8, 4) is 5.75 Å². The van der Waals surface area contributed by atoms with E-state index in [0.29, 0.717) is 42.7 Å². The third kappa shape index (κ3) is 5.06. The van der Waals surface area contributed by atoms with Crippen LogP contribution < -0.4 is 10.1 Å². The molecule has 0 aromatic heterocycles. The maximum absolute atomic E-state index is 13.6. The van der Waals surface area contributed by atoms with Gasteiger partial charge in [-0.25, -0.2) is 4.39 Å². The van der Waals surface area contributed by atoms with Crippen molar-refractivity contribution in [1.82, 2.24) is 0 Å². The normalized spacial score (nSPS) is 19.3. The predicted octanol–water partition coefficient (Wildman–Crippen LogP) is 4.23. The Balaban J connectivity index is 1.49. The highest BCUT2D eigenvalue weighted by Gasteiger charge is 2.29. The Bertz CT molecular complexity index is 798. The number of nitrogens with one attached hydrogen (secondary N) is 1. The molecule has 0 heterocycles. The van der Waals surface area contributed by atoms with Crippen molar-refractivity contribution < 1.29 is 23.8 Å². The van der Waals surface area contributed by atoms with E-state index in [1.165, 1.54) is 6.07 Å². The van der Waals surface area contributed by atoms with Gasteiger partial charge in [-0.15, -0.1) is 0 Å². The molecule has 1 fully saturated rings. The Labute approximate surface area is 157 Å². The lowest BCUT2D eigenvalue weighted by Crippen LogP contribution is -2.29. The van der Waals surface area contributed by atoms with Crippen LogP contribution in [0.4, 0.5) is 10.1 Å². The molecule has 2 aromatic carbocycles. The highest BCUT2D eigenvalue weighted by Crippen LogP contribution is 2.30. The molecule has 1 aliphatic rings. The summed E-state index contributed by atoms with van der Waals surface area (Å²) in [5.74, 6) is -1.08. The van der Waals surface area contributed by atoms with E-state index in [1.807, 2.05) is 0 Å². The third-order valence-electron chi connectivity index (χ3n) is 4.92. The second kappa shape index (κ2) is 8.66. The number of halogens is 1. The van der Waals surface area contributed by atoms with Gasteiger partial charge in [0.25, 0.3) is 0 Å². The van der Waals surface area contributed by atoms with Gasteiger partial charge in [0.2, 0.25) is 5.91 Å². The lowest BCUT2D eigenvalue weighted by Gasteiger charge is -2.25. The molecule has 2 aromatic rings. The van der Waals surface area contributed by atoms with E-state index in [1.54, 1.807) is 42.5 Å². The first-order valence-corrected chi connectivity index (χ1v) is 9.03. The average molecular weight is 371 g/mol. The molecular formula is C21H22FNO4. The number of anilines is 1. The Morgan fingerprint density at radius 3 is 2.26 bits per heavy atom. The van der Waals surface area contributed by atoms with Gasteiger partial charge in [0.05, 0.1) is 5.92 Å². The van der Waals surface area contributed by atoms with Crippen molar-refractivity contribution in [2.75, 3.05) is 5.32 Å². The van der Waals surface area contributed by atoms with E-state index in [2.05, 4.69) is 5.32 Å². The molecule has 6 heteroatoms. The van der Waals surface area contributed by atoms with Gasteiger partial charge in [-0.1, -0.05) is 18.2 Å². The topological polar surface area (TPSA) is 75.6 Å². The summed E-state index contributed by atoms with van der Waals surface area (Å²) < 4.78 is 19.2. The monoisotopic (exact) mass is 371 g/mol. The van der Waals surface area contributed by atoms with Gasteiger partial charge in [0.1, 0.15) is 18.2 Å². The Hall–Kier alpha value is -2.89. The molecule has 0 atom stereocenters. The Morgan fingerprint density at radius 2 is 1.63 bits per heavy atom. The van der Waals surface area contributed by atoms with Gasteiger partial charge in [0, 0.05) is 17.2 Å². The molecule has 0 radical (unpaired) electrons. The Morgan fingerprint density at radius 1 is 1.00 bits per heavy atom.